The molecule has 2 aromatic heterocycles. The summed E-state index contributed by atoms with van der Waals surface area (Å²) in [6, 6.07) is 4.40. The molecular formula is C18H21N3O2. The van der Waals surface area contributed by atoms with Gasteiger partial charge in [0.25, 0.3) is 5.56 Å². The summed E-state index contributed by atoms with van der Waals surface area (Å²) in [5.41, 5.74) is 5.26. The van der Waals surface area contributed by atoms with E-state index in [4.69, 9.17) is 0 Å². The molecule has 5 heteroatoms. The topological polar surface area (TPSA) is 70.9 Å². The van der Waals surface area contributed by atoms with Crippen LogP contribution in [-0.2, 0) is 19.4 Å². The zero-order chi connectivity index (χ0) is 16.0. The number of benzene rings is 1. The number of aliphatic hydroxyl groups excluding tert-OH is 1. The van der Waals surface area contributed by atoms with Crippen LogP contribution in [0.15, 0.2) is 16.9 Å². The molecular weight excluding hydrogens is 290 g/mol. The number of pyridine rings is 1. The Balaban J connectivity index is 2.11. The normalized spacial score (nSPS) is 14.5. The van der Waals surface area contributed by atoms with Crippen molar-refractivity contribution in [1.82, 2.24) is 14.8 Å². The van der Waals surface area contributed by atoms with Crippen molar-refractivity contribution in [2.45, 2.75) is 45.6 Å². The third-order valence-corrected chi connectivity index (χ3v) is 4.95. The second-order valence-corrected chi connectivity index (χ2v) is 6.45. The largest absolute Gasteiger partial charge is 0.396 e. The maximum atomic E-state index is 12.9. The second-order valence-electron chi connectivity index (χ2n) is 6.45. The monoisotopic (exact) mass is 311 g/mol. The van der Waals surface area contributed by atoms with Gasteiger partial charge >= 0.3 is 0 Å². The maximum Gasteiger partial charge on any atom is 0.262 e. The van der Waals surface area contributed by atoms with Crippen LogP contribution >= 0.6 is 0 Å². The fraction of sp³-hybridized carbons (Fsp3) is 0.444. The molecule has 0 amide bonds. The van der Waals surface area contributed by atoms with Gasteiger partial charge in [-0.05, 0) is 62.3 Å². The first-order chi connectivity index (χ1) is 11.2. The zero-order valence-electron chi connectivity index (χ0n) is 13.4. The molecule has 120 valence electrons. The number of nitrogens with zero attached hydrogens (tertiary/aromatic N) is 2. The van der Waals surface area contributed by atoms with E-state index in [0.29, 0.717) is 18.4 Å². The Labute approximate surface area is 133 Å². The van der Waals surface area contributed by atoms with Gasteiger partial charge in [0.15, 0.2) is 0 Å². The van der Waals surface area contributed by atoms with Gasteiger partial charge in [0, 0.05) is 24.2 Å². The summed E-state index contributed by atoms with van der Waals surface area (Å²) in [5, 5.41) is 18.2. The molecule has 0 bridgehead atoms. The van der Waals surface area contributed by atoms with Crippen LogP contribution in [0, 0.1) is 6.92 Å². The van der Waals surface area contributed by atoms with Crippen LogP contribution in [0.2, 0.25) is 0 Å². The van der Waals surface area contributed by atoms with Gasteiger partial charge in [-0.25, -0.2) is 0 Å². The minimum Gasteiger partial charge on any atom is -0.396 e. The Bertz CT molecular complexity index is 952. The van der Waals surface area contributed by atoms with Crippen molar-refractivity contribution in [3.63, 3.8) is 0 Å². The first kappa shape index (κ1) is 14.5. The standard InChI is InChI=1S/C18H21N3O2/c1-11-16-17(20-19-11)14-9-12-5-2-3-6-13(12)10-15(14)21(18(16)23)7-4-8-22/h9-10,22H,2-8H2,1H3,(H,19,20). The second kappa shape index (κ2) is 5.49. The Kier molecular flexibility index (Phi) is 3.45. The van der Waals surface area contributed by atoms with Gasteiger partial charge in [0.05, 0.1) is 10.9 Å². The number of H-pyrrole nitrogens is 1. The number of aromatic nitrogens is 3. The molecule has 2 heterocycles. The van der Waals surface area contributed by atoms with E-state index in [-0.39, 0.29) is 12.2 Å². The third-order valence-electron chi connectivity index (χ3n) is 4.95. The summed E-state index contributed by atoms with van der Waals surface area (Å²) in [6.45, 7) is 2.50. The molecule has 5 nitrogen and oxygen atoms in total. The van der Waals surface area contributed by atoms with E-state index in [0.717, 1.165) is 35.0 Å². The van der Waals surface area contributed by atoms with Gasteiger partial charge in [0.1, 0.15) is 5.52 Å². The molecule has 0 saturated heterocycles. The molecule has 0 spiro atoms. The van der Waals surface area contributed by atoms with E-state index in [1.54, 1.807) is 0 Å². The molecule has 0 unspecified atom stereocenters. The molecule has 1 aliphatic carbocycles. The van der Waals surface area contributed by atoms with E-state index >= 15 is 0 Å². The first-order valence-electron chi connectivity index (χ1n) is 8.34. The zero-order valence-corrected chi connectivity index (χ0v) is 13.4. The minimum absolute atomic E-state index is 0.0111. The van der Waals surface area contributed by atoms with Crippen LogP contribution in [-0.4, -0.2) is 26.5 Å². The molecule has 0 saturated carbocycles. The lowest BCUT2D eigenvalue weighted by Gasteiger charge is -2.19. The van der Waals surface area contributed by atoms with Crippen LogP contribution in [0.1, 0.15) is 36.1 Å². The summed E-state index contributed by atoms with van der Waals surface area (Å²) in [7, 11) is 0. The smallest absolute Gasteiger partial charge is 0.262 e. The van der Waals surface area contributed by atoms with E-state index in [1.165, 1.54) is 24.0 Å². The van der Waals surface area contributed by atoms with E-state index < -0.39 is 0 Å². The molecule has 0 aliphatic heterocycles. The SMILES string of the molecule is Cc1[nH]nc2c1c(=O)n(CCCO)c1cc3c(cc21)CCCC3. The Morgan fingerprint density at radius 3 is 2.74 bits per heavy atom. The minimum atomic E-state index is -0.0111. The Morgan fingerprint density at radius 2 is 2.00 bits per heavy atom. The quantitative estimate of drug-likeness (QED) is 0.780. The first-order valence-corrected chi connectivity index (χ1v) is 8.34. The van der Waals surface area contributed by atoms with Crippen LogP contribution < -0.4 is 5.56 Å². The molecule has 3 aromatic rings. The van der Waals surface area contributed by atoms with Crippen LogP contribution in [0.3, 0.4) is 0 Å². The molecule has 4 rings (SSSR count). The van der Waals surface area contributed by atoms with Crippen molar-refractivity contribution in [2.24, 2.45) is 0 Å². The Morgan fingerprint density at radius 1 is 1.26 bits per heavy atom. The molecule has 1 aliphatic rings. The average molecular weight is 311 g/mol. The predicted molar refractivity (Wildman–Crippen MR) is 90.9 cm³/mol. The van der Waals surface area contributed by atoms with Crippen molar-refractivity contribution in [3.05, 3.63) is 39.3 Å². The number of rotatable bonds is 3. The molecule has 0 radical (unpaired) electrons. The summed E-state index contributed by atoms with van der Waals surface area (Å²) in [4.78, 5) is 12.9. The van der Waals surface area contributed by atoms with Gasteiger partial charge in [-0.15, -0.1) is 0 Å². The van der Waals surface area contributed by atoms with Crippen molar-refractivity contribution in [1.29, 1.82) is 0 Å². The molecule has 0 fully saturated rings. The summed E-state index contributed by atoms with van der Waals surface area (Å²) in [5.74, 6) is 0. The number of nitrogens with one attached hydrogen (secondary N) is 1. The fourth-order valence-electron chi connectivity index (χ4n) is 3.77. The fourth-order valence-corrected chi connectivity index (χ4v) is 3.77. The molecule has 2 N–H and O–H groups in total. The molecule has 0 atom stereocenters. The number of hydrogen-bond donors (Lipinski definition) is 2. The molecule has 23 heavy (non-hydrogen) atoms. The Hall–Kier alpha value is -2.14. The lowest BCUT2D eigenvalue weighted by atomic mass is 9.90. The van der Waals surface area contributed by atoms with Crippen LogP contribution in [0.25, 0.3) is 21.8 Å². The van der Waals surface area contributed by atoms with Crippen molar-refractivity contribution < 1.29 is 5.11 Å². The van der Waals surface area contributed by atoms with Gasteiger partial charge in [-0.3, -0.25) is 9.89 Å². The van der Waals surface area contributed by atoms with Crippen LogP contribution in [0.4, 0.5) is 0 Å². The lowest BCUT2D eigenvalue weighted by Crippen LogP contribution is -2.22. The van der Waals surface area contributed by atoms with Crippen molar-refractivity contribution in [3.8, 4) is 0 Å². The summed E-state index contributed by atoms with van der Waals surface area (Å²) >= 11 is 0. The number of hydrogen-bond acceptors (Lipinski definition) is 3. The van der Waals surface area contributed by atoms with Gasteiger partial charge < -0.3 is 9.67 Å². The average Bonchev–Trinajstić information content (AvgIpc) is 2.95. The predicted octanol–water partition coefficient (Wildman–Crippen LogP) is 2.45. The van der Waals surface area contributed by atoms with Crippen LogP contribution in [0.5, 0.6) is 0 Å². The third kappa shape index (κ3) is 2.18. The van der Waals surface area contributed by atoms with Gasteiger partial charge in [-0.2, -0.15) is 5.10 Å². The summed E-state index contributed by atoms with van der Waals surface area (Å²) in [6.07, 6.45) is 5.20. The highest BCUT2D eigenvalue weighted by Gasteiger charge is 2.18. The van der Waals surface area contributed by atoms with E-state index in [9.17, 15) is 9.90 Å². The lowest BCUT2D eigenvalue weighted by molar-refractivity contribution is 0.280. The number of aromatic amines is 1. The summed E-state index contributed by atoms with van der Waals surface area (Å²) < 4.78 is 1.81. The van der Waals surface area contributed by atoms with Gasteiger partial charge in [0.2, 0.25) is 0 Å². The number of fused-ring (bicyclic) bond motifs is 4. The van der Waals surface area contributed by atoms with Gasteiger partial charge in [-0.1, -0.05) is 0 Å². The number of aliphatic hydroxyl groups is 1. The van der Waals surface area contributed by atoms with E-state index in [1.807, 2.05) is 11.5 Å². The highest BCUT2D eigenvalue weighted by atomic mass is 16.3. The van der Waals surface area contributed by atoms with E-state index in [2.05, 4.69) is 22.3 Å². The highest BCUT2D eigenvalue weighted by Crippen LogP contribution is 2.30. The number of aryl methyl sites for hydroxylation is 4. The molecule has 1 aromatic carbocycles. The highest BCUT2D eigenvalue weighted by molar-refractivity contribution is 6.04. The van der Waals surface area contributed by atoms with Crippen molar-refractivity contribution in [2.75, 3.05) is 6.61 Å². The van der Waals surface area contributed by atoms with Crippen molar-refractivity contribution >= 4 is 21.8 Å². The maximum absolute atomic E-state index is 12.9.